The van der Waals surface area contributed by atoms with E-state index in [1.807, 2.05) is 0 Å². The maximum atomic E-state index is 13.2. The molecule has 11 heteroatoms. The van der Waals surface area contributed by atoms with Gasteiger partial charge < -0.3 is 23.7 Å². The quantitative estimate of drug-likeness (QED) is 0.438. The van der Waals surface area contributed by atoms with Gasteiger partial charge in [0.15, 0.2) is 24.1 Å². The number of carbonyl (C=O) groups is 5. The molecule has 0 bridgehead atoms. The van der Waals surface area contributed by atoms with Crippen molar-refractivity contribution >= 4 is 41.2 Å². The number of hydrogen-bond acceptors (Lipinski definition) is 11. The number of benzene rings is 1. The predicted molar refractivity (Wildman–Crippen MR) is 113 cm³/mol. The van der Waals surface area contributed by atoms with Gasteiger partial charge in [-0.2, -0.15) is 0 Å². The molecule has 4 atom stereocenters. The van der Waals surface area contributed by atoms with Gasteiger partial charge in [0, 0.05) is 31.9 Å². The van der Waals surface area contributed by atoms with Gasteiger partial charge in [0.1, 0.15) is 10.3 Å². The molecule has 176 valence electrons. The Morgan fingerprint density at radius 1 is 0.879 bits per heavy atom. The van der Waals surface area contributed by atoms with Gasteiger partial charge in [0.2, 0.25) is 11.6 Å². The van der Waals surface area contributed by atoms with Crippen molar-refractivity contribution in [3.8, 4) is 0 Å². The number of esters is 3. The third kappa shape index (κ3) is 5.25. The van der Waals surface area contributed by atoms with Crippen LogP contribution < -0.4 is 0 Å². The second-order valence-corrected chi connectivity index (χ2v) is 8.29. The van der Waals surface area contributed by atoms with Crippen LogP contribution in [0.1, 0.15) is 41.5 Å². The van der Waals surface area contributed by atoms with Gasteiger partial charge in [-0.1, -0.05) is 36.0 Å². The van der Waals surface area contributed by atoms with Crippen molar-refractivity contribution in [3.05, 3.63) is 46.1 Å². The zero-order chi connectivity index (χ0) is 24.3. The topological polar surface area (TPSA) is 132 Å². The average molecular weight is 478 g/mol. The molecule has 1 fully saturated rings. The Labute approximate surface area is 193 Å². The number of hydrogen-bond donors (Lipinski definition) is 0. The number of methoxy groups -OCH3 is 1. The fraction of sp³-hybridized carbons (Fsp3) is 0.409. The summed E-state index contributed by atoms with van der Waals surface area (Å²) in [5, 5.41) is 0. The van der Waals surface area contributed by atoms with E-state index >= 15 is 0 Å². The minimum absolute atomic E-state index is 0.0455. The molecule has 0 aromatic heterocycles. The zero-order valence-electron chi connectivity index (χ0n) is 18.3. The Hall–Kier alpha value is -3.18. The van der Waals surface area contributed by atoms with E-state index in [4.69, 9.17) is 23.7 Å². The Balaban J connectivity index is 1.98. The van der Waals surface area contributed by atoms with Crippen LogP contribution in [-0.2, 0) is 38.1 Å². The molecule has 1 aromatic rings. The van der Waals surface area contributed by atoms with Crippen LogP contribution in [-0.4, -0.2) is 66.9 Å². The van der Waals surface area contributed by atoms with E-state index in [9.17, 15) is 24.0 Å². The number of thioether (sulfide) groups is 1. The molecule has 10 nitrogen and oxygen atoms in total. The van der Waals surface area contributed by atoms with Gasteiger partial charge >= 0.3 is 17.9 Å². The maximum Gasteiger partial charge on any atom is 0.303 e. The van der Waals surface area contributed by atoms with Crippen LogP contribution in [0.2, 0.25) is 0 Å². The van der Waals surface area contributed by atoms with Gasteiger partial charge in [-0.05, 0) is 0 Å². The highest BCUT2D eigenvalue weighted by molar-refractivity contribution is 8.04. The summed E-state index contributed by atoms with van der Waals surface area (Å²) in [5.41, 5.74) is -0.676. The normalized spacial score (nSPS) is 24.6. The lowest BCUT2D eigenvalue weighted by atomic mass is 9.93. The summed E-state index contributed by atoms with van der Waals surface area (Å²) < 4.78 is 26.8. The second kappa shape index (κ2) is 10.2. The predicted octanol–water partition coefficient (Wildman–Crippen LogP) is 1.81. The largest absolute Gasteiger partial charge is 0.491 e. The molecule has 2 aliphatic rings. The molecule has 1 aromatic carbocycles. The lowest BCUT2D eigenvalue weighted by molar-refractivity contribution is -0.213. The van der Waals surface area contributed by atoms with Gasteiger partial charge in [-0.3, -0.25) is 24.0 Å². The van der Waals surface area contributed by atoms with Gasteiger partial charge in [0.25, 0.3) is 0 Å². The van der Waals surface area contributed by atoms with Crippen molar-refractivity contribution < 1.29 is 47.7 Å². The summed E-state index contributed by atoms with van der Waals surface area (Å²) in [6.45, 7) is 3.26. The molecule has 1 aliphatic carbocycles. The standard InChI is InChI=1S/C22H22O10S/c1-10(23)30-15-9-29-22(20(32-12(3)25)18(15)31-11(2)24)33-21-17(27)14-8-6-5-7-13(14)16(26)19(21)28-4/h5-8,15,18,20,22H,9H2,1-4H3. The monoisotopic (exact) mass is 478 g/mol. The fourth-order valence-corrected chi connectivity index (χ4v) is 4.77. The third-order valence-electron chi connectivity index (χ3n) is 4.78. The van der Waals surface area contributed by atoms with Crippen LogP contribution in [0, 0.1) is 0 Å². The maximum absolute atomic E-state index is 13.2. The molecule has 0 N–H and O–H groups in total. The number of rotatable bonds is 6. The molecule has 1 aliphatic heterocycles. The first kappa shape index (κ1) is 24.5. The van der Waals surface area contributed by atoms with E-state index in [1.54, 1.807) is 12.1 Å². The minimum Gasteiger partial charge on any atom is -0.491 e. The smallest absolute Gasteiger partial charge is 0.303 e. The van der Waals surface area contributed by atoms with Crippen molar-refractivity contribution in [2.75, 3.05) is 13.7 Å². The molecule has 0 radical (unpaired) electrons. The van der Waals surface area contributed by atoms with Crippen LogP contribution in [0.5, 0.6) is 0 Å². The van der Waals surface area contributed by atoms with Crippen LogP contribution in [0.25, 0.3) is 0 Å². The van der Waals surface area contributed by atoms with Crippen LogP contribution >= 0.6 is 11.8 Å². The SMILES string of the molecule is COC1=C(SC2OCC(OC(C)=O)C(OC(C)=O)C2OC(C)=O)C(=O)c2ccccc2C1=O. The number of allylic oxidation sites excluding steroid dienone is 2. The highest BCUT2D eigenvalue weighted by Gasteiger charge is 2.49. The van der Waals surface area contributed by atoms with Crippen LogP contribution in [0.15, 0.2) is 34.9 Å². The molecule has 0 amide bonds. The highest BCUT2D eigenvalue weighted by Crippen LogP contribution is 2.40. The lowest BCUT2D eigenvalue weighted by Gasteiger charge is -2.40. The van der Waals surface area contributed by atoms with E-state index in [-0.39, 0.29) is 28.4 Å². The van der Waals surface area contributed by atoms with E-state index in [2.05, 4.69) is 0 Å². The van der Waals surface area contributed by atoms with Crippen molar-refractivity contribution in [1.82, 2.24) is 0 Å². The Morgan fingerprint density at radius 3 is 1.97 bits per heavy atom. The zero-order valence-corrected chi connectivity index (χ0v) is 19.1. The second-order valence-electron chi connectivity index (χ2n) is 7.18. The summed E-state index contributed by atoms with van der Waals surface area (Å²) in [4.78, 5) is 61.1. The highest BCUT2D eigenvalue weighted by atomic mass is 32.2. The first-order valence-corrected chi connectivity index (χ1v) is 10.8. The first-order chi connectivity index (χ1) is 15.6. The summed E-state index contributed by atoms with van der Waals surface area (Å²) in [7, 11) is 1.26. The molecule has 1 saturated heterocycles. The summed E-state index contributed by atoms with van der Waals surface area (Å²) in [5.74, 6) is -3.20. The van der Waals surface area contributed by atoms with Crippen LogP contribution in [0.4, 0.5) is 0 Å². The van der Waals surface area contributed by atoms with Crippen molar-refractivity contribution in [2.24, 2.45) is 0 Å². The van der Waals surface area contributed by atoms with Crippen molar-refractivity contribution in [1.29, 1.82) is 0 Å². The molecule has 1 heterocycles. The third-order valence-corrected chi connectivity index (χ3v) is 6.02. The number of Topliss-reactive ketones (excluding diaryl/α,β-unsaturated/α-hetero) is 2. The molecule has 3 rings (SSSR count). The summed E-state index contributed by atoms with van der Waals surface area (Å²) >= 11 is 0.804. The molecular weight excluding hydrogens is 456 g/mol. The van der Waals surface area contributed by atoms with E-state index in [0.717, 1.165) is 25.6 Å². The number of ketones is 2. The molecule has 0 spiro atoms. The van der Waals surface area contributed by atoms with Gasteiger partial charge in [-0.25, -0.2) is 0 Å². The molecular formula is C22H22O10S. The Kier molecular flexibility index (Phi) is 7.54. The first-order valence-electron chi connectivity index (χ1n) is 9.90. The molecule has 33 heavy (non-hydrogen) atoms. The summed E-state index contributed by atoms with van der Waals surface area (Å²) in [6.07, 6.45) is -3.50. The molecule has 4 unspecified atom stereocenters. The molecule has 0 saturated carbocycles. The number of ether oxygens (including phenoxy) is 5. The average Bonchev–Trinajstić information content (AvgIpc) is 2.75. The van der Waals surface area contributed by atoms with E-state index in [0.29, 0.717) is 0 Å². The Morgan fingerprint density at radius 2 is 1.42 bits per heavy atom. The fourth-order valence-electron chi connectivity index (χ4n) is 3.55. The van der Waals surface area contributed by atoms with Crippen molar-refractivity contribution in [2.45, 2.75) is 44.5 Å². The van der Waals surface area contributed by atoms with Gasteiger partial charge in [-0.15, -0.1) is 0 Å². The van der Waals surface area contributed by atoms with E-state index < -0.39 is 53.2 Å². The summed E-state index contributed by atoms with van der Waals surface area (Å²) in [6, 6.07) is 6.31. The van der Waals surface area contributed by atoms with Crippen LogP contribution in [0.3, 0.4) is 0 Å². The number of carbonyl (C=O) groups excluding carboxylic acids is 5. The van der Waals surface area contributed by atoms with E-state index in [1.165, 1.54) is 26.2 Å². The van der Waals surface area contributed by atoms with Gasteiger partial charge in [0.05, 0.1) is 13.7 Å². The lowest BCUT2D eigenvalue weighted by Crippen LogP contribution is -2.56. The van der Waals surface area contributed by atoms with Crippen molar-refractivity contribution in [3.63, 3.8) is 0 Å². The minimum atomic E-state index is -1.25. The Bertz CT molecular complexity index is 1030. The number of fused-ring (bicyclic) bond motifs is 1.